The van der Waals surface area contributed by atoms with Gasteiger partial charge in [-0.15, -0.1) is 11.3 Å². The van der Waals surface area contributed by atoms with E-state index in [2.05, 4.69) is 10.3 Å². The molecule has 2 aromatic rings. The largest absolute Gasteiger partial charge is 0.338 e. The molecule has 0 aliphatic carbocycles. The summed E-state index contributed by atoms with van der Waals surface area (Å²) >= 11 is 1.67. The molecule has 2 heterocycles. The van der Waals surface area contributed by atoms with Gasteiger partial charge in [-0.1, -0.05) is 0 Å². The fraction of sp³-hybridized carbons (Fsp3) is 0.125. The minimum absolute atomic E-state index is 0.889. The second kappa shape index (κ2) is 2.98. The van der Waals surface area contributed by atoms with Crippen LogP contribution in [0.5, 0.6) is 0 Å². The molecule has 0 radical (unpaired) electrons. The monoisotopic (exact) mass is 179 g/mol. The maximum absolute atomic E-state index is 4.15. The molecule has 0 amide bonds. The molecule has 0 aliphatic heterocycles. The zero-order valence-corrected chi connectivity index (χ0v) is 7.51. The smallest absolute Gasteiger partial charge is 0.149 e. The first-order valence-electron chi connectivity index (χ1n) is 3.63. The number of nitrogens with zero attached hydrogens (tertiary/aromatic N) is 2. The Morgan fingerprint density at radius 2 is 2.50 bits per heavy atom. The van der Waals surface area contributed by atoms with Crippen LogP contribution in [-0.4, -0.2) is 9.55 Å². The van der Waals surface area contributed by atoms with Gasteiger partial charge < -0.3 is 9.88 Å². The van der Waals surface area contributed by atoms with Gasteiger partial charge in [-0.3, -0.25) is 0 Å². The molecule has 0 aromatic carbocycles. The highest BCUT2D eigenvalue weighted by atomic mass is 32.1. The zero-order valence-electron chi connectivity index (χ0n) is 6.69. The highest BCUT2D eigenvalue weighted by Crippen LogP contribution is 2.19. The number of nitrogens with one attached hydrogen (secondary N) is 1. The van der Waals surface area contributed by atoms with Crippen LogP contribution in [0.4, 0.5) is 10.8 Å². The summed E-state index contributed by atoms with van der Waals surface area (Å²) < 4.78 is 1.91. The molecule has 4 heteroatoms. The molecule has 0 saturated carbocycles. The van der Waals surface area contributed by atoms with E-state index in [-0.39, 0.29) is 0 Å². The molecule has 12 heavy (non-hydrogen) atoms. The van der Waals surface area contributed by atoms with Gasteiger partial charge in [0.15, 0.2) is 0 Å². The molecule has 62 valence electrons. The average Bonchev–Trinajstić information content (AvgIpc) is 2.63. The Morgan fingerprint density at radius 3 is 3.08 bits per heavy atom. The van der Waals surface area contributed by atoms with Crippen molar-refractivity contribution in [3.63, 3.8) is 0 Å². The van der Waals surface area contributed by atoms with Gasteiger partial charge in [-0.2, -0.15) is 0 Å². The Balaban J connectivity index is 2.14. The Labute approximate surface area is 74.7 Å². The van der Waals surface area contributed by atoms with E-state index in [0.717, 1.165) is 10.8 Å². The van der Waals surface area contributed by atoms with Crippen LogP contribution in [0.1, 0.15) is 0 Å². The third kappa shape index (κ3) is 1.48. The van der Waals surface area contributed by atoms with Crippen LogP contribution in [0.3, 0.4) is 0 Å². The topological polar surface area (TPSA) is 29.9 Å². The summed E-state index contributed by atoms with van der Waals surface area (Å²) in [6, 6.07) is 4.04. The Morgan fingerprint density at radius 1 is 1.58 bits per heavy atom. The summed E-state index contributed by atoms with van der Waals surface area (Å²) in [6.45, 7) is 0. The van der Waals surface area contributed by atoms with Crippen LogP contribution in [-0.2, 0) is 7.05 Å². The van der Waals surface area contributed by atoms with Crippen LogP contribution in [0, 0.1) is 0 Å². The Kier molecular flexibility index (Phi) is 1.83. The number of aryl methyl sites for hydroxylation is 1. The normalized spacial score (nSPS) is 10.1. The number of anilines is 2. The van der Waals surface area contributed by atoms with E-state index in [0.29, 0.717) is 0 Å². The molecule has 0 spiro atoms. The van der Waals surface area contributed by atoms with Crippen molar-refractivity contribution in [2.75, 3.05) is 5.32 Å². The molecule has 0 unspecified atom stereocenters. The number of hydrogen-bond donors (Lipinski definition) is 1. The van der Waals surface area contributed by atoms with Gasteiger partial charge in [-0.25, -0.2) is 4.98 Å². The predicted molar refractivity (Wildman–Crippen MR) is 50.8 cm³/mol. The third-order valence-corrected chi connectivity index (χ3v) is 2.26. The SMILES string of the molecule is Cn1cnc(Nc2cccs2)c1. The van der Waals surface area contributed by atoms with Crippen molar-refractivity contribution in [2.24, 2.45) is 7.05 Å². The lowest BCUT2D eigenvalue weighted by Crippen LogP contribution is -1.85. The predicted octanol–water partition coefficient (Wildman–Crippen LogP) is 2.23. The second-order valence-electron chi connectivity index (χ2n) is 2.53. The minimum Gasteiger partial charge on any atom is -0.338 e. The van der Waals surface area contributed by atoms with E-state index < -0.39 is 0 Å². The number of hydrogen-bond acceptors (Lipinski definition) is 3. The molecule has 0 atom stereocenters. The first-order valence-corrected chi connectivity index (χ1v) is 4.51. The lowest BCUT2D eigenvalue weighted by molar-refractivity contribution is 0.913. The lowest BCUT2D eigenvalue weighted by atomic mass is 10.6. The van der Waals surface area contributed by atoms with Crippen LogP contribution in [0.15, 0.2) is 30.0 Å². The molecule has 0 fully saturated rings. The minimum atomic E-state index is 0.889. The Bertz CT molecular complexity index is 350. The van der Waals surface area contributed by atoms with Crippen LogP contribution < -0.4 is 5.32 Å². The zero-order chi connectivity index (χ0) is 8.39. The fourth-order valence-corrected chi connectivity index (χ4v) is 1.58. The van der Waals surface area contributed by atoms with Gasteiger partial charge in [0.25, 0.3) is 0 Å². The molecule has 2 rings (SSSR count). The average molecular weight is 179 g/mol. The van der Waals surface area contributed by atoms with Gasteiger partial charge in [0.05, 0.1) is 11.3 Å². The van der Waals surface area contributed by atoms with Gasteiger partial charge in [-0.05, 0) is 17.5 Å². The fourth-order valence-electron chi connectivity index (χ4n) is 0.953. The molecular formula is C8H9N3S. The summed E-state index contributed by atoms with van der Waals surface area (Å²) in [5.41, 5.74) is 0. The van der Waals surface area contributed by atoms with Crippen molar-refractivity contribution in [1.29, 1.82) is 0 Å². The van der Waals surface area contributed by atoms with Gasteiger partial charge >= 0.3 is 0 Å². The highest BCUT2D eigenvalue weighted by molar-refractivity contribution is 7.14. The van der Waals surface area contributed by atoms with Gasteiger partial charge in [0, 0.05) is 13.2 Å². The van der Waals surface area contributed by atoms with Crippen molar-refractivity contribution < 1.29 is 0 Å². The van der Waals surface area contributed by atoms with Crippen molar-refractivity contribution >= 4 is 22.2 Å². The van der Waals surface area contributed by atoms with Crippen LogP contribution in [0.2, 0.25) is 0 Å². The van der Waals surface area contributed by atoms with Crippen molar-refractivity contribution in [3.05, 3.63) is 30.0 Å². The van der Waals surface area contributed by atoms with E-state index in [1.54, 1.807) is 17.7 Å². The first-order chi connectivity index (χ1) is 5.84. The van der Waals surface area contributed by atoms with E-state index in [1.165, 1.54) is 0 Å². The molecular weight excluding hydrogens is 170 g/mol. The van der Waals surface area contributed by atoms with Gasteiger partial charge in [0.1, 0.15) is 5.82 Å². The van der Waals surface area contributed by atoms with Crippen LogP contribution >= 0.6 is 11.3 Å². The second-order valence-corrected chi connectivity index (χ2v) is 3.47. The lowest BCUT2D eigenvalue weighted by Gasteiger charge is -1.95. The maximum atomic E-state index is 4.15. The summed E-state index contributed by atoms with van der Waals surface area (Å²) in [5.74, 6) is 0.889. The van der Waals surface area contributed by atoms with E-state index in [4.69, 9.17) is 0 Å². The number of rotatable bonds is 2. The molecule has 1 N–H and O–H groups in total. The standard InChI is InChI=1S/C8H9N3S/c1-11-5-7(9-6-11)10-8-3-2-4-12-8/h2-6,10H,1H3. The summed E-state index contributed by atoms with van der Waals surface area (Å²) in [4.78, 5) is 4.15. The Hall–Kier alpha value is -1.29. The van der Waals surface area contributed by atoms with Crippen molar-refractivity contribution in [2.45, 2.75) is 0 Å². The molecule has 0 bridgehead atoms. The number of imidazole rings is 1. The van der Waals surface area contributed by atoms with E-state index in [1.807, 2.05) is 35.3 Å². The summed E-state index contributed by atoms with van der Waals surface area (Å²) in [6.07, 6.45) is 3.72. The van der Waals surface area contributed by atoms with E-state index >= 15 is 0 Å². The maximum Gasteiger partial charge on any atom is 0.149 e. The molecule has 3 nitrogen and oxygen atoms in total. The molecule has 0 saturated heterocycles. The number of thiophene rings is 1. The van der Waals surface area contributed by atoms with E-state index in [9.17, 15) is 0 Å². The highest BCUT2D eigenvalue weighted by Gasteiger charge is 1.96. The first kappa shape index (κ1) is 7.36. The summed E-state index contributed by atoms with van der Waals surface area (Å²) in [7, 11) is 1.95. The van der Waals surface area contributed by atoms with Crippen molar-refractivity contribution in [3.8, 4) is 0 Å². The summed E-state index contributed by atoms with van der Waals surface area (Å²) in [5, 5.41) is 6.34. The number of aromatic nitrogens is 2. The molecule has 0 aliphatic rings. The quantitative estimate of drug-likeness (QED) is 0.766. The van der Waals surface area contributed by atoms with Crippen LogP contribution in [0.25, 0.3) is 0 Å². The van der Waals surface area contributed by atoms with Crippen molar-refractivity contribution in [1.82, 2.24) is 9.55 Å². The third-order valence-electron chi connectivity index (χ3n) is 1.48. The van der Waals surface area contributed by atoms with Gasteiger partial charge in [0.2, 0.25) is 0 Å². The molecule has 2 aromatic heterocycles.